The minimum absolute atomic E-state index is 0.0345. The van der Waals surface area contributed by atoms with E-state index in [2.05, 4.69) is 5.32 Å². The Morgan fingerprint density at radius 3 is 2.39 bits per heavy atom. The molecule has 0 aliphatic carbocycles. The molecule has 1 amide bonds. The van der Waals surface area contributed by atoms with Crippen molar-refractivity contribution in [3.8, 4) is 17.6 Å². The van der Waals surface area contributed by atoms with Crippen molar-refractivity contribution in [2.75, 3.05) is 18.5 Å². The molecule has 0 fully saturated rings. The molecule has 0 aromatic heterocycles. The molecule has 0 saturated heterocycles. The fourth-order valence-corrected chi connectivity index (χ4v) is 3.62. The molecule has 3 aromatic carbocycles. The summed E-state index contributed by atoms with van der Waals surface area (Å²) in [5.41, 5.74) is 1.39. The maximum Gasteiger partial charge on any atom is 0.412 e. The molecule has 0 aliphatic rings. The fourth-order valence-electron chi connectivity index (χ4n) is 3.62. The number of carboxylic acids is 1. The predicted molar refractivity (Wildman–Crippen MR) is 140 cm³/mol. The van der Waals surface area contributed by atoms with Gasteiger partial charge in [0.2, 0.25) is 0 Å². The summed E-state index contributed by atoms with van der Waals surface area (Å²) in [6.45, 7) is -0.171. The lowest BCUT2D eigenvalue weighted by Gasteiger charge is -2.29. The van der Waals surface area contributed by atoms with Crippen LogP contribution in [0.4, 0.5) is 10.5 Å². The van der Waals surface area contributed by atoms with Gasteiger partial charge in [0.1, 0.15) is 24.2 Å². The first-order valence-corrected chi connectivity index (χ1v) is 11.9. The molecule has 9 nitrogen and oxygen atoms in total. The van der Waals surface area contributed by atoms with E-state index in [1.165, 1.54) is 6.08 Å². The highest BCUT2D eigenvalue weighted by Crippen LogP contribution is 2.34. The van der Waals surface area contributed by atoms with E-state index in [1.807, 2.05) is 24.3 Å². The number of aliphatic hydroxyl groups excluding tert-OH is 1. The van der Waals surface area contributed by atoms with Gasteiger partial charge in [0.05, 0.1) is 18.2 Å². The smallest absolute Gasteiger partial charge is 0.412 e. The first kappa shape index (κ1) is 27.8. The molecule has 0 aliphatic heterocycles. The van der Waals surface area contributed by atoms with Crippen LogP contribution in [0.25, 0.3) is 0 Å². The largest absolute Gasteiger partial charge is 0.491 e. The van der Waals surface area contributed by atoms with Crippen LogP contribution in [0, 0.1) is 11.3 Å². The van der Waals surface area contributed by atoms with Crippen molar-refractivity contribution in [2.45, 2.75) is 25.0 Å². The summed E-state index contributed by atoms with van der Waals surface area (Å²) in [7, 11) is 0. The first-order chi connectivity index (χ1) is 18.5. The van der Waals surface area contributed by atoms with Crippen molar-refractivity contribution in [1.29, 1.82) is 5.26 Å². The molecule has 0 saturated carbocycles. The summed E-state index contributed by atoms with van der Waals surface area (Å²) in [5, 5.41) is 29.9. The molecule has 196 valence electrons. The lowest BCUT2D eigenvalue weighted by atomic mass is 9.99. The minimum Gasteiger partial charge on any atom is -0.491 e. The van der Waals surface area contributed by atoms with Crippen LogP contribution in [0.2, 0.25) is 0 Å². The highest BCUT2D eigenvalue weighted by Gasteiger charge is 2.31. The lowest BCUT2D eigenvalue weighted by molar-refractivity contribution is -0.131. The third-order valence-electron chi connectivity index (χ3n) is 5.32. The normalized spacial score (nSPS) is 12.2. The highest BCUT2D eigenvalue weighted by molar-refractivity contribution is 5.85. The van der Waals surface area contributed by atoms with Crippen LogP contribution in [0.15, 0.2) is 91.0 Å². The summed E-state index contributed by atoms with van der Waals surface area (Å²) in [4.78, 5) is 24.0. The number of amides is 1. The maximum atomic E-state index is 13.0. The number of aliphatic hydroxyl groups is 1. The number of aliphatic carboxylic acids is 1. The number of carbonyl (C=O) groups is 2. The van der Waals surface area contributed by atoms with Gasteiger partial charge in [-0.3, -0.25) is 5.32 Å². The Kier molecular flexibility index (Phi) is 10.7. The monoisotopic (exact) mass is 516 g/mol. The number of para-hydroxylation sites is 2. The number of carboxylic acid groups (broad SMARTS) is 1. The predicted octanol–water partition coefficient (Wildman–Crippen LogP) is 5.09. The van der Waals surface area contributed by atoms with Crippen molar-refractivity contribution in [1.82, 2.24) is 0 Å². The number of hydrogen-bond donors (Lipinski definition) is 3. The average molecular weight is 517 g/mol. The molecule has 2 atom stereocenters. The number of anilines is 1. The maximum absolute atomic E-state index is 13.0. The van der Waals surface area contributed by atoms with Crippen LogP contribution >= 0.6 is 0 Å². The van der Waals surface area contributed by atoms with Crippen LogP contribution in [-0.2, 0) is 9.53 Å². The Hall–Kier alpha value is -4.81. The van der Waals surface area contributed by atoms with Gasteiger partial charge in [0.15, 0.2) is 6.10 Å². The fraction of sp³-hybridized carbons (Fsp3) is 0.207. The van der Waals surface area contributed by atoms with Gasteiger partial charge in [-0.15, -0.1) is 0 Å². The molecule has 3 aromatic rings. The quantitative estimate of drug-likeness (QED) is 0.267. The molecule has 38 heavy (non-hydrogen) atoms. The molecular weight excluding hydrogens is 488 g/mol. The number of nitriles is 1. The lowest BCUT2D eigenvalue weighted by Crippen LogP contribution is -2.31. The first-order valence-electron chi connectivity index (χ1n) is 11.9. The molecule has 9 heteroatoms. The van der Waals surface area contributed by atoms with E-state index >= 15 is 0 Å². The van der Waals surface area contributed by atoms with E-state index < -0.39 is 24.3 Å². The summed E-state index contributed by atoms with van der Waals surface area (Å²) in [6.07, 6.45) is 0.724. The van der Waals surface area contributed by atoms with Crippen molar-refractivity contribution in [2.24, 2.45) is 0 Å². The van der Waals surface area contributed by atoms with Gasteiger partial charge in [-0.25, -0.2) is 9.59 Å². The van der Waals surface area contributed by atoms with Crippen LogP contribution in [0.1, 0.15) is 30.1 Å². The van der Waals surface area contributed by atoms with E-state index in [0.717, 1.165) is 6.08 Å². The second-order valence-electron chi connectivity index (χ2n) is 8.04. The second-order valence-corrected chi connectivity index (χ2v) is 8.04. The molecule has 0 unspecified atom stereocenters. The Morgan fingerprint density at radius 2 is 1.71 bits per heavy atom. The van der Waals surface area contributed by atoms with Gasteiger partial charge in [-0.05, 0) is 55.3 Å². The third kappa shape index (κ3) is 8.69. The van der Waals surface area contributed by atoms with Gasteiger partial charge in [-0.1, -0.05) is 42.5 Å². The number of benzene rings is 3. The number of allylic oxidation sites excluding steroid dienone is 1. The molecule has 0 radical (unpaired) electrons. The van der Waals surface area contributed by atoms with Gasteiger partial charge >= 0.3 is 12.1 Å². The standard InChI is InChI=1S/C29H28N2O7/c30-20-21-14-16-22(17-15-21)31-29(35)38-28(24-10-4-5-11-25(24)36-19-18-32)26(12-6-7-13-27(33)34)37-23-8-2-1-3-9-23/h1-5,7-11,13-17,26,28,32H,6,12,18-19H2,(H,31,35)(H,33,34)/b13-7+/t26-,28-/m1/s1. The summed E-state index contributed by atoms with van der Waals surface area (Å²) in [5.74, 6) is -0.127. The summed E-state index contributed by atoms with van der Waals surface area (Å²) < 4.78 is 17.9. The summed E-state index contributed by atoms with van der Waals surface area (Å²) in [6, 6.07) is 24.3. The molecule has 0 heterocycles. The Balaban J connectivity index is 1.94. The van der Waals surface area contributed by atoms with Gasteiger partial charge in [0, 0.05) is 17.3 Å². The van der Waals surface area contributed by atoms with E-state index in [9.17, 15) is 14.7 Å². The number of nitrogens with zero attached hydrogens (tertiary/aromatic N) is 1. The van der Waals surface area contributed by atoms with E-state index in [4.69, 9.17) is 24.6 Å². The molecule has 3 N–H and O–H groups in total. The zero-order chi connectivity index (χ0) is 27.2. The van der Waals surface area contributed by atoms with Crippen LogP contribution in [0.5, 0.6) is 11.5 Å². The Labute approximate surface area is 220 Å². The van der Waals surface area contributed by atoms with Crippen molar-refractivity contribution >= 4 is 17.7 Å². The third-order valence-corrected chi connectivity index (χ3v) is 5.32. The summed E-state index contributed by atoms with van der Waals surface area (Å²) >= 11 is 0. The minimum atomic E-state index is -1.07. The van der Waals surface area contributed by atoms with E-state index in [0.29, 0.717) is 41.2 Å². The number of nitrogens with one attached hydrogen (secondary N) is 1. The number of carbonyl (C=O) groups excluding carboxylic acids is 1. The van der Waals surface area contributed by atoms with E-state index in [1.54, 1.807) is 60.7 Å². The zero-order valence-electron chi connectivity index (χ0n) is 20.5. The van der Waals surface area contributed by atoms with Crippen molar-refractivity contribution in [3.63, 3.8) is 0 Å². The van der Waals surface area contributed by atoms with Crippen LogP contribution in [-0.4, -0.2) is 41.6 Å². The topological polar surface area (TPSA) is 138 Å². The second kappa shape index (κ2) is 14.7. The zero-order valence-corrected chi connectivity index (χ0v) is 20.5. The van der Waals surface area contributed by atoms with Crippen LogP contribution < -0.4 is 14.8 Å². The van der Waals surface area contributed by atoms with Crippen molar-refractivity contribution < 1.29 is 34.0 Å². The van der Waals surface area contributed by atoms with Gasteiger partial charge in [-0.2, -0.15) is 5.26 Å². The average Bonchev–Trinajstić information content (AvgIpc) is 2.93. The van der Waals surface area contributed by atoms with Gasteiger partial charge < -0.3 is 24.4 Å². The Bertz CT molecular complexity index is 1250. The molecule has 0 spiro atoms. The number of rotatable bonds is 13. The SMILES string of the molecule is N#Cc1ccc(NC(=O)O[C@H](c2ccccc2OCCO)[C@@H](CC/C=C/C(=O)O)Oc2ccccc2)cc1. The number of hydrogen-bond acceptors (Lipinski definition) is 7. The molecule has 0 bridgehead atoms. The number of ether oxygens (including phenoxy) is 3. The van der Waals surface area contributed by atoms with Gasteiger partial charge in [0.25, 0.3) is 0 Å². The van der Waals surface area contributed by atoms with Crippen LogP contribution in [0.3, 0.4) is 0 Å². The molecular formula is C29H28N2O7. The highest BCUT2D eigenvalue weighted by atomic mass is 16.6. The molecule has 3 rings (SSSR count). The Morgan fingerprint density at radius 1 is 1.00 bits per heavy atom. The van der Waals surface area contributed by atoms with Crippen molar-refractivity contribution in [3.05, 3.63) is 102 Å². The van der Waals surface area contributed by atoms with E-state index in [-0.39, 0.29) is 13.2 Å².